The molecule has 8 nitrogen and oxygen atoms in total. The van der Waals surface area contributed by atoms with E-state index in [9.17, 15) is 19.5 Å². The lowest BCUT2D eigenvalue weighted by atomic mass is 10.0. The van der Waals surface area contributed by atoms with Crippen LogP contribution < -0.4 is 25.5 Å². The van der Waals surface area contributed by atoms with Gasteiger partial charge < -0.3 is 29.1 Å². The minimum absolute atomic E-state index is 0.149. The van der Waals surface area contributed by atoms with Gasteiger partial charge in [0, 0.05) is 5.39 Å². The van der Waals surface area contributed by atoms with Crippen LogP contribution in [0.2, 0.25) is 0 Å². The Balaban J connectivity index is 2.45. The molecule has 0 radical (unpaired) electrons. The third kappa shape index (κ3) is 3.63. The molecule has 140 valence electrons. The second kappa shape index (κ2) is 7.90. The van der Waals surface area contributed by atoms with E-state index < -0.39 is 23.5 Å². The smallest absolute Gasteiger partial charge is 0.340 e. The van der Waals surface area contributed by atoms with Crippen LogP contribution >= 0.6 is 0 Å². The second-order valence-electron chi connectivity index (χ2n) is 5.69. The largest absolute Gasteiger partial charge is 0.548 e. The van der Waals surface area contributed by atoms with Gasteiger partial charge in [-0.25, -0.2) is 4.79 Å². The van der Waals surface area contributed by atoms with Crippen LogP contribution in [0, 0.1) is 6.92 Å². The number of carboxylic acids is 1. The topological polar surface area (TPSA) is 118 Å². The van der Waals surface area contributed by atoms with Gasteiger partial charge in [0.25, 0.3) is 0 Å². The minimum Gasteiger partial charge on any atom is -0.548 e. The van der Waals surface area contributed by atoms with Gasteiger partial charge in [0.1, 0.15) is 0 Å². The van der Waals surface area contributed by atoms with Gasteiger partial charge in [-0.15, -0.1) is 0 Å². The lowest BCUT2D eigenvalue weighted by molar-refractivity contribution is -0.308. The Hall–Kier alpha value is -3.03. The van der Waals surface area contributed by atoms with E-state index in [0.29, 0.717) is 16.7 Å². The number of ether oxygens (including phenoxy) is 2. The molecule has 0 bridgehead atoms. The number of carboxylic acid groups (broad SMARTS) is 1. The third-order valence-electron chi connectivity index (χ3n) is 4.16. The number of hydrogen-bond donors (Lipinski definition) is 1. The van der Waals surface area contributed by atoms with E-state index in [0.717, 1.165) is 0 Å². The van der Waals surface area contributed by atoms with Crippen molar-refractivity contribution in [1.82, 2.24) is 5.32 Å². The van der Waals surface area contributed by atoms with Gasteiger partial charge in [-0.2, -0.15) is 0 Å². The number of amides is 1. The summed E-state index contributed by atoms with van der Waals surface area (Å²) >= 11 is 0. The molecule has 26 heavy (non-hydrogen) atoms. The predicted molar refractivity (Wildman–Crippen MR) is 91.3 cm³/mol. The molecule has 1 N–H and O–H groups in total. The van der Waals surface area contributed by atoms with E-state index in [1.165, 1.54) is 14.2 Å². The van der Waals surface area contributed by atoms with Crippen molar-refractivity contribution < 1.29 is 28.6 Å². The average Bonchev–Trinajstić information content (AvgIpc) is 2.61. The maximum absolute atomic E-state index is 12.4. The van der Waals surface area contributed by atoms with Crippen molar-refractivity contribution in [2.75, 3.05) is 14.2 Å². The van der Waals surface area contributed by atoms with Gasteiger partial charge in [0.05, 0.1) is 38.2 Å². The lowest BCUT2D eigenvalue weighted by Gasteiger charge is -2.18. The number of rotatable bonds is 7. The zero-order valence-electron chi connectivity index (χ0n) is 15.0. The number of aryl methyl sites for hydroxylation is 1. The van der Waals surface area contributed by atoms with E-state index in [2.05, 4.69) is 5.32 Å². The maximum atomic E-state index is 12.4. The van der Waals surface area contributed by atoms with Crippen molar-refractivity contribution >= 4 is 22.8 Å². The van der Waals surface area contributed by atoms with Gasteiger partial charge in [-0.1, -0.05) is 6.92 Å². The molecule has 0 saturated carbocycles. The van der Waals surface area contributed by atoms with Crippen molar-refractivity contribution in [2.24, 2.45) is 0 Å². The first-order valence-corrected chi connectivity index (χ1v) is 8.01. The fourth-order valence-corrected chi connectivity index (χ4v) is 2.70. The molecule has 2 rings (SSSR count). The predicted octanol–water partition coefficient (Wildman–Crippen LogP) is 0.306. The number of carbonyl (C=O) groups excluding carboxylic acids is 2. The summed E-state index contributed by atoms with van der Waals surface area (Å²) in [4.78, 5) is 35.4. The monoisotopic (exact) mass is 362 g/mol. The molecule has 1 aromatic carbocycles. The molecular formula is C18H20NO7-. The maximum Gasteiger partial charge on any atom is 0.340 e. The number of methoxy groups -OCH3 is 2. The van der Waals surface area contributed by atoms with Crippen LogP contribution in [0.1, 0.15) is 24.5 Å². The molecule has 0 aliphatic heterocycles. The Morgan fingerprint density at radius 1 is 1.27 bits per heavy atom. The normalized spacial score (nSPS) is 11.8. The van der Waals surface area contributed by atoms with Crippen molar-refractivity contribution in [3.8, 4) is 11.5 Å². The molecule has 1 heterocycles. The lowest BCUT2D eigenvalue weighted by Crippen LogP contribution is -2.48. The van der Waals surface area contributed by atoms with Crippen LogP contribution in [0.5, 0.6) is 11.5 Å². The summed E-state index contributed by atoms with van der Waals surface area (Å²) in [6.45, 7) is 3.29. The molecule has 1 aromatic heterocycles. The number of hydrogen-bond acceptors (Lipinski definition) is 7. The molecule has 8 heteroatoms. The van der Waals surface area contributed by atoms with Crippen LogP contribution in [0.15, 0.2) is 21.3 Å². The minimum atomic E-state index is -1.38. The summed E-state index contributed by atoms with van der Waals surface area (Å²) in [5.41, 5.74) is 0.224. The number of aliphatic carboxylic acids is 1. The van der Waals surface area contributed by atoms with Gasteiger partial charge in [-0.05, 0) is 31.0 Å². The Morgan fingerprint density at radius 3 is 2.50 bits per heavy atom. The molecule has 0 fully saturated rings. The van der Waals surface area contributed by atoms with Gasteiger partial charge in [-0.3, -0.25) is 4.79 Å². The Morgan fingerprint density at radius 2 is 1.96 bits per heavy atom. The Labute approximate surface area is 149 Å². The first-order chi connectivity index (χ1) is 12.3. The van der Waals surface area contributed by atoms with Crippen LogP contribution in [0.3, 0.4) is 0 Å². The standard InChI is InChI=1S/C18H21NO7/c1-5-12(17(21)22)19-14(20)8-11-9(2)10-6-7-13(24-3)16(25-4)15(10)26-18(11)23/h6-7,12H,5,8H2,1-4H3,(H,19,20)(H,21,22)/p-1/t12-/m1/s1. The summed E-state index contributed by atoms with van der Waals surface area (Å²) in [6, 6.07) is 2.26. The van der Waals surface area contributed by atoms with E-state index in [4.69, 9.17) is 13.9 Å². The summed E-state index contributed by atoms with van der Waals surface area (Å²) in [6.07, 6.45) is -0.126. The first kappa shape index (κ1) is 19.3. The van der Waals surface area contributed by atoms with E-state index >= 15 is 0 Å². The summed E-state index contributed by atoms with van der Waals surface area (Å²) in [7, 11) is 2.90. The van der Waals surface area contributed by atoms with Gasteiger partial charge in [0.2, 0.25) is 11.7 Å². The Kier molecular flexibility index (Phi) is 5.86. The molecule has 0 aliphatic carbocycles. The molecule has 0 unspecified atom stereocenters. The second-order valence-corrected chi connectivity index (χ2v) is 5.69. The van der Waals surface area contributed by atoms with Crippen LogP contribution in [0.25, 0.3) is 11.0 Å². The highest BCUT2D eigenvalue weighted by atomic mass is 16.5. The SMILES string of the molecule is CC[C@@H](NC(=O)Cc1c(C)c2ccc(OC)c(OC)c2oc1=O)C(=O)[O-]. The van der Waals surface area contributed by atoms with E-state index in [1.54, 1.807) is 26.0 Å². The fraction of sp³-hybridized carbons (Fsp3) is 0.389. The average molecular weight is 362 g/mol. The van der Waals surface area contributed by atoms with E-state index in [-0.39, 0.29) is 29.7 Å². The van der Waals surface area contributed by atoms with Crippen molar-refractivity contribution in [2.45, 2.75) is 32.7 Å². The van der Waals surface area contributed by atoms with Gasteiger partial charge >= 0.3 is 5.63 Å². The zero-order valence-corrected chi connectivity index (χ0v) is 15.0. The summed E-state index contributed by atoms with van der Waals surface area (Å²) < 4.78 is 15.8. The van der Waals surface area contributed by atoms with Crippen molar-refractivity contribution in [3.63, 3.8) is 0 Å². The highest BCUT2D eigenvalue weighted by Gasteiger charge is 2.20. The molecule has 0 aliphatic rings. The quantitative estimate of drug-likeness (QED) is 0.704. The van der Waals surface area contributed by atoms with Crippen LogP contribution in [-0.2, 0) is 16.0 Å². The van der Waals surface area contributed by atoms with Crippen LogP contribution in [0.4, 0.5) is 0 Å². The number of benzene rings is 1. The number of carbonyl (C=O) groups is 2. The highest BCUT2D eigenvalue weighted by Crippen LogP contribution is 2.36. The Bertz CT molecular complexity index is 901. The molecule has 1 atom stereocenters. The van der Waals surface area contributed by atoms with Gasteiger partial charge in [0.15, 0.2) is 11.3 Å². The zero-order chi connectivity index (χ0) is 19.4. The highest BCUT2D eigenvalue weighted by molar-refractivity contribution is 5.90. The molecular weight excluding hydrogens is 342 g/mol. The van der Waals surface area contributed by atoms with E-state index in [1.807, 2.05) is 0 Å². The van der Waals surface area contributed by atoms with Crippen LogP contribution in [-0.4, -0.2) is 32.1 Å². The third-order valence-corrected chi connectivity index (χ3v) is 4.16. The summed E-state index contributed by atoms with van der Waals surface area (Å²) in [5.74, 6) is -1.28. The molecule has 2 aromatic rings. The van der Waals surface area contributed by atoms with Crippen molar-refractivity contribution in [3.05, 3.63) is 33.7 Å². The fourth-order valence-electron chi connectivity index (χ4n) is 2.70. The number of nitrogens with one attached hydrogen (secondary N) is 1. The number of fused-ring (bicyclic) bond motifs is 1. The molecule has 0 saturated heterocycles. The first-order valence-electron chi connectivity index (χ1n) is 8.01. The molecule has 0 spiro atoms. The van der Waals surface area contributed by atoms with Crippen molar-refractivity contribution in [1.29, 1.82) is 0 Å². The summed E-state index contributed by atoms with van der Waals surface area (Å²) in [5, 5.41) is 13.9. The molecule has 1 amide bonds.